The summed E-state index contributed by atoms with van der Waals surface area (Å²) in [6.07, 6.45) is 0. The lowest BCUT2D eigenvalue weighted by atomic mass is 10.2. The van der Waals surface area contributed by atoms with E-state index in [4.69, 9.17) is 5.73 Å². The van der Waals surface area contributed by atoms with E-state index in [1.165, 1.54) is 23.5 Å². The molecule has 0 aliphatic heterocycles. The fourth-order valence-electron chi connectivity index (χ4n) is 1.34. The van der Waals surface area contributed by atoms with E-state index in [1.54, 1.807) is 11.6 Å². The molecule has 2 rings (SSSR count). The normalized spacial score (nSPS) is 10.2. The van der Waals surface area contributed by atoms with Gasteiger partial charge < -0.3 is 11.1 Å². The van der Waals surface area contributed by atoms with Crippen LogP contribution >= 0.6 is 11.3 Å². The zero-order valence-corrected chi connectivity index (χ0v) is 9.63. The zero-order valence-electron chi connectivity index (χ0n) is 8.81. The third-order valence-electron chi connectivity index (χ3n) is 2.19. The molecule has 0 atom stereocenters. The van der Waals surface area contributed by atoms with Gasteiger partial charge in [0.05, 0.1) is 23.3 Å². The summed E-state index contributed by atoms with van der Waals surface area (Å²) < 4.78 is 13.2. The summed E-state index contributed by atoms with van der Waals surface area (Å²) in [6.45, 7) is 0.521. The molecule has 0 aliphatic carbocycles. The van der Waals surface area contributed by atoms with Crippen molar-refractivity contribution in [2.45, 2.75) is 6.54 Å². The van der Waals surface area contributed by atoms with Gasteiger partial charge in [-0.2, -0.15) is 0 Å². The highest BCUT2D eigenvalue weighted by atomic mass is 32.1. The number of halogens is 1. The summed E-state index contributed by atoms with van der Waals surface area (Å²) in [5.41, 5.74) is 8.19. The summed E-state index contributed by atoms with van der Waals surface area (Å²) >= 11 is 1.50. The molecular formula is C11H10FN3OS. The number of primary amides is 1. The topological polar surface area (TPSA) is 68.0 Å². The molecule has 0 fully saturated rings. The number of rotatable bonds is 4. The van der Waals surface area contributed by atoms with Crippen LogP contribution in [0.4, 0.5) is 10.1 Å². The molecule has 6 heteroatoms. The fraction of sp³-hybridized carbons (Fsp3) is 0.0909. The number of carbonyl (C=O) groups is 1. The van der Waals surface area contributed by atoms with Gasteiger partial charge in [-0.15, -0.1) is 11.3 Å². The van der Waals surface area contributed by atoms with Gasteiger partial charge in [-0.25, -0.2) is 9.37 Å². The van der Waals surface area contributed by atoms with Crippen LogP contribution in [0.1, 0.15) is 16.1 Å². The van der Waals surface area contributed by atoms with Crippen molar-refractivity contribution in [3.63, 3.8) is 0 Å². The number of aromatic nitrogens is 1. The molecule has 1 amide bonds. The first-order valence-electron chi connectivity index (χ1n) is 4.87. The third kappa shape index (κ3) is 2.79. The smallest absolute Gasteiger partial charge is 0.251 e. The summed E-state index contributed by atoms with van der Waals surface area (Å²) in [4.78, 5) is 15.0. The molecule has 17 heavy (non-hydrogen) atoms. The number of nitrogens with two attached hydrogens (primary N) is 1. The second-order valence-electron chi connectivity index (χ2n) is 3.39. The molecule has 0 aliphatic rings. The second kappa shape index (κ2) is 4.92. The summed E-state index contributed by atoms with van der Waals surface area (Å²) in [6, 6.07) is 4.15. The van der Waals surface area contributed by atoms with E-state index in [-0.39, 0.29) is 5.56 Å². The van der Waals surface area contributed by atoms with Crippen LogP contribution in [0.2, 0.25) is 0 Å². The number of benzene rings is 1. The van der Waals surface area contributed by atoms with Gasteiger partial charge in [0.2, 0.25) is 0 Å². The van der Waals surface area contributed by atoms with Gasteiger partial charge >= 0.3 is 0 Å². The van der Waals surface area contributed by atoms with E-state index in [0.717, 1.165) is 5.69 Å². The molecule has 3 N–H and O–H groups in total. The SMILES string of the molecule is NC(=O)c1cc(NCc2cscn2)ccc1F. The zero-order chi connectivity index (χ0) is 12.3. The van der Waals surface area contributed by atoms with Crippen LogP contribution in [-0.4, -0.2) is 10.9 Å². The number of nitrogens with one attached hydrogen (secondary N) is 1. The van der Waals surface area contributed by atoms with Crippen molar-refractivity contribution < 1.29 is 9.18 Å². The number of thiazole rings is 1. The van der Waals surface area contributed by atoms with Crippen molar-refractivity contribution in [1.29, 1.82) is 0 Å². The summed E-state index contributed by atoms with van der Waals surface area (Å²) in [5.74, 6) is -1.39. The van der Waals surface area contributed by atoms with Crippen molar-refractivity contribution in [2.24, 2.45) is 5.73 Å². The van der Waals surface area contributed by atoms with E-state index in [2.05, 4.69) is 10.3 Å². The molecule has 0 saturated carbocycles. The number of carbonyl (C=O) groups excluding carboxylic acids is 1. The largest absolute Gasteiger partial charge is 0.379 e. The monoisotopic (exact) mass is 251 g/mol. The molecule has 1 aromatic heterocycles. The Labute approximate surface area is 101 Å². The molecule has 4 nitrogen and oxygen atoms in total. The molecular weight excluding hydrogens is 241 g/mol. The number of anilines is 1. The van der Waals surface area contributed by atoms with Crippen molar-refractivity contribution in [2.75, 3.05) is 5.32 Å². The maximum Gasteiger partial charge on any atom is 0.251 e. The van der Waals surface area contributed by atoms with Crippen LogP contribution in [0.5, 0.6) is 0 Å². The molecule has 0 spiro atoms. The van der Waals surface area contributed by atoms with Gasteiger partial charge in [0.1, 0.15) is 5.82 Å². The molecule has 1 heterocycles. The van der Waals surface area contributed by atoms with Gasteiger partial charge in [0.25, 0.3) is 5.91 Å². The Hall–Kier alpha value is -1.95. The number of hydrogen-bond donors (Lipinski definition) is 2. The Kier molecular flexibility index (Phi) is 3.34. The Bertz CT molecular complexity index is 528. The summed E-state index contributed by atoms with van der Waals surface area (Å²) in [5, 5.41) is 4.95. The first-order valence-corrected chi connectivity index (χ1v) is 5.81. The Morgan fingerprint density at radius 3 is 3.00 bits per heavy atom. The van der Waals surface area contributed by atoms with Crippen LogP contribution in [-0.2, 0) is 6.54 Å². The minimum absolute atomic E-state index is 0.117. The molecule has 0 radical (unpaired) electrons. The first kappa shape index (κ1) is 11.5. The highest BCUT2D eigenvalue weighted by Gasteiger charge is 2.08. The predicted molar refractivity (Wildman–Crippen MR) is 64.4 cm³/mol. The molecule has 88 valence electrons. The van der Waals surface area contributed by atoms with Crippen molar-refractivity contribution in [1.82, 2.24) is 4.98 Å². The van der Waals surface area contributed by atoms with Gasteiger partial charge in [-0.1, -0.05) is 0 Å². The maximum absolute atomic E-state index is 13.2. The lowest BCUT2D eigenvalue weighted by Gasteiger charge is -2.06. The number of nitrogens with zero attached hydrogens (tertiary/aromatic N) is 1. The van der Waals surface area contributed by atoms with E-state index < -0.39 is 11.7 Å². The van der Waals surface area contributed by atoms with Gasteiger partial charge in [0.15, 0.2) is 0 Å². The van der Waals surface area contributed by atoms with Crippen LogP contribution in [0.25, 0.3) is 0 Å². The minimum Gasteiger partial charge on any atom is -0.379 e. The molecule has 0 bridgehead atoms. The van der Waals surface area contributed by atoms with E-state index >= 15 is 0 Å². The van der Waals surface area contributed by atoms with E-state index in [9.17, 15) is 9.18 Å². The number of amides is 1. The van der Waals surface area contributed by atoms with Crippen LogP contribution in [0.15, 0.2) is 29.1 Å². The Morgan fingerprint density at radius 2 is 2.35 bits per heavy atom. The van der Waals surface area contributed by atoms with Crippen LogP contribution < -0.4 is 11.1 Å². The van der Waals surface area contributed by atoms with Gasteiger partial charge in [0, 0.05) is 11.1 Å². The highest BCUT2D eigenvalue weighted by Crippen LogP contribution is 2.15. The Morgan fingerprint density at radius 1 is 1.53 bits per heavy atom. The van der Waals surface area contributed by atoms with E-state index in [0.29, 0.717) is 12.2 Å². The summed E-state index contributed by atoms with van der Waals surface area (Å²) in [7, 11) is 0. The molecule has 0 saturated heterocycles. The minimum atomic E-state index is -0.778. The average Bonchev–Trinajstić information content (AvgIpc) is 2.80. The van der Waals surface area contributed by atoms with Crippen LogP contribution in [0.3, 0.4) is 0 Å². The average molecular weight is 251 g/mol. The molecule has 1 aromatic carbocycles. The Balaban J connectivity index is 2.11. The lowest BCUT2D eigenvalue weighted by Crippen LogP contribution is -2.13. The third-order valence-corrected chi connectivity index (χ3v) is 2.82. The van der Waals surface area contributed by atoms with Gasteiger partial charge in [-0.3, -0.25) is 4.79 Å². The van der Waals surface area contributed by atoms with Gasteiger partial charge in [-0.05, 0) is 18.2 Å². The number of hydrogen-bond acceptors (Lipinski definition) is 4. The van der Waals surface area contributed by atoms with Crippen LogP contribution in [0, 0.1) is 5.82 Å². The van der Waals surface area contributed by atoms with Crippen molar-refractivity contribution in [3.8, 4) is 0 Å². The van der Waals surface area contributed by atoms with Crippen molar-refractivity contribution >= 4 is 22.9 Å². The van der Waals surface area contributed by atoms with Crippen molar-refractivity contribution in [3.05, 3.63) is 46.2 Å². The standard InChI is InChI=1S/C11H10FN3OS/c12-10-2-1-7(3-9(10)11(13)16)14-4-8-5-17-6-15-8/h1-3,5-6,14H,4H2,(H2,13,16). The fourth-order valence-corrected chi connectivity index (χ4v) is 1.90. The molecule has 0 unspecified atom stereocenters. The quantitative estimate of drug-likeness (QED) is 0.873. The maximum atomic E-state index is 13.2. The first-order chi connectivity index (χ1) is 8.16. The molecule has 2 aromatic rings. The predicted octanol–water partition coefficient (Wildman–Crippen LogP) is 1.99. The lowest BCUT2D eigenvalue weighted by molar-refractivity contribution is 0.0996. The van der Waals surface area contributed by atoms with E-state index in [1.807, 2.05) is 5.38 Å². The second-order valence-corrected chi connectivity index (χ2v) is 4.11. The highest BCUT2D eigenvalue weighted by molar-refractivity contribution is 7.07.